The molecule has 1 fully saturated rings. The van der Waals surface area contributed by atoms with Crippen LogP contribution in [0.25, 0.3) is 0 Å². The Hall–Kier alpha value is -1.47. The molecule has 1 aromatic rings. The number of anilines is 1. The molecule has 2 amide bonds. The van der Waals surface area contributed by atoms with Crippen molar-refractivity contribution in [1.82, 2.24) is 5.32 Å². The quantitative estimate of drug-likeness (QED) is 0.770. The lowest BCUT2D eigenvalue weighted by Crippen LogP contribution is -2.50. The molecule has 0 saturated heterocycles. The molecule has 1 aromatic carbocycles. The van der Waals surface area contributed by atoms with Crippen LogP contribution in [-0.2, 0) is 6.18 Å². The number of nitrogens with one attached hydrogen (secondary N) is 2. The Labute approximate surface area is 131 Å². The molecule has 8 heteroatoms. The van der Waals surface area contributed by atoms with E-state index in [0.717, 1.165) is 25.3 Å². The number of halogens is 4. The molecule has 2 atom stereocenters. The molecule has 1 aliphatic carbocycles. The summed E-state index contributed by atoms with van der Waals surface area (Å²) < 4.78 is 38.8. The smallest absolute Gasteiger partial charge is 0.334 e. The lowest BCUT2D eigenvalue weighted by Gasteiger charge is -2.29. The number of carbonyl (C=O) groups excluding carboxylic acids is 1. The Morgan fingerprint density at radius 3 is 2.59 bits per heavy atom. The van der Waals surface area contributed by atoms with Crippen LogP contribution in [0.3, 0.4) is 0 Å². The van der Waals surface area contributed by atoms with Gasteiger partial charge in [-0.3, -0.25) is 0 Å². The van der Waals surface area contributed by atoms with Crippen molar-refractivity contribution in [3.63, 3.8) is 0 Å². The van der Waals surface area contributed by atoms with E-state index in [2.05, 4.69) is 10.6 Å². The number of hydrogen-bond acceptors (Lipinski definition) is 2. The van der Waals surface area contributed by atoms with Gasteiger partial charge in [-0.15, -0.1) is 0 Å². The Bertz CT molecular complexity index is 551. The summed E-state index contributed by atoms with van der Waals surface area (Å²) in [5.74, 6) is 0. The number of hydrogen-bond donors (Lipinski definition) is 3. The van der Waals surface area contributed by atoms with Gasteiger partial charge in [0, 0.05) is 12.1 Å². The van der Waals surface area contributed by atoms with Crippen molar-refractivity contribution in [1.29, 1.82) is 0 Å². The van der Waals surface area contributed by atoms with Gasteiger partial charge in [-0.25, -0.2) is 4.79 Å². The highest BCUT2D eigenvalue weighted by Crippen LogP contribution is 2.38. The largest absolute Gasteiger partial charge is 0.418 e. The van der Waals surface area contributed by atoms with Crippen LogP contribution >= 0.6 is 11.6 Å². The lowest BCUT2D eigenvalue weighted by atomic mass is 9.91. The third kappa shape index (κ3) is 4.04. The number of amides is 2. The summed E-state index contributed by atoms with van der Waals surface area (Å²) in [5, 5.41) is 4.65. The van der Waals surface area contributed by atoms with Crippen molar-refractivity contribution < 1.29 is 18.0 Å². The van der Waals surface area contributed by atoms with E-state index in [0.29, 0.717) is 6.42 Å². The molecular formula is C14H17ClF3N3O. The first-order chi connectivity index (χ1) is 10.3. The van der Waals surface area contributed by atoms with Crippen LogP contribution in [0.5, 0.6) is 0 Å². The van der Waals surface area contributed by atoms with Gasteiger partial charge in [0.05, 0.1) is 16.3 Å². The molecule has 1 saturated carbocycles. The van der Waals surface area contributed by atoms with Crippen molar-refractivity contribution in [2.75, 3.05) is 5.32 Å². The molecule has 1 aliphatic rings. The molecule has 2 unspecified atom stereocenters. The normalized spacial score (nSPS) is 22.2. The number of alkyl halides is 3. The molecule has 0 heterocycles. The van der Waals surface area contributed by atoms with Crippen LogP contribution in [0.15, 0.2) is 18.2 Å². The van der Waals surface area contributed by atoms with Crippen LogP contribution in [0, 0.1) is 0 Å². The van der Waals surface area contributed by atoms with Gasteiger partial charge >= 0.3 is 12.2 Å². The van der Waals surface area contributed by atoms with Gasteiger partial charge in [-0.2, -0.15) is 13.2 Å². The van der Waals surface area contributed by atoms with Crippen LogP contribution in [0.2, 0.25) is 5.02 Å². The average molecular weight is 336 g/mol. The second kappa shape index (κ2) is 6.75. The number of urea groups is 1. The average Bonchev–Trinajstić information content (AvgIpc) is 2.42. The molecule has 4 N–H and O–H groups in total. The van der Waals surface area contributed by atoms with Crippen LogP contribution in [-0.4, -0.2) is 18.1 Å². The first-order valence-electron chi connectivity index (χ1n) is 6.98. The molecule has 4 nitrogen and oxygen atoms in total. The van der Waals surface area contributed by atoms with Gasteiger partial charge in [0.1, 0.15) is 0 Å². The number of carbonyl (C=O) groups is 1. The van der Waals surface area contributed by atoms with Gasteiger partial charge < -0.3 is 16.4 Å². The maximum Gasteiger partial charge on any atom is 0.418 e. The van der Waals surface area contributed by atoms with Crippen LogP contribution in [0.1, 0.15) is 31.2 Å². The molecular weight excluding hydrogens is 319 g/mol. The van der Waals surface area contributed by atoms with E-state index in [4.69, 9.17) is 17.3 Å². The molecule has 0 spiro atoms. The first kappa shape index (κ1) is 16.9. The van der Waals surface area contributed by atoms with E-state index in [-0.39, 0.29) is 17.1 Å². The minimum Gasteiger partial charge on any atom is -0.334 e. The third-order valence-corrected chi connectivity index (χ3v) is 4.01. The van der Waals surface area contributed by atoms with Crippen LogP contribution in [0.4, 0.5) is 23.7 Å². The minimum atomic E-state index is -4.60. The molecule has 0 bridgehead atoms. The van der Waals surface area contributed by atoms with Gasteiger partial charge in [0.15, 0.2) is 0 Å². The summed E-state index contributed by atoms with van der Waals surface area (Å²) in [6.07, 6.45) is -1.19. The Morgan fingerprint density at radius 2 is 1.95 bits per heavy atom. The highest BCUT2D eigenvalue weighted by Gasteiger charge is 2.35. The predicted octanol–water partition coefficient (Wildman–Crippen LogP) is 3.75. The molecule has 2 rings (SSSR count). The summed E-state index contributed by atoms with van der Waals surface area (Å²) >= 11 is 5.78. The van der Waals surface area contributed by atoms with Crippen LogP contribution < -0.4 is 16.4 Å². The lowest BCUT2D eigenvalue weighted by molar-refractivity contribution is -0.136. The van der Waals surface area contributed by atoms with Gasteiger partial charge in [0.2, 0.25) is 0 Å². The SMILES string of the molecule is NC1CCCCC1NC(=O)Nc1c(Cl)cccc1C(F)(F)F. The fourth-order valence-corrected chi connectivity index (χ4v) is 2.77. The van der Waals surface area contributed by atoms with Crippen molar-refractivity contribution in [3.05, 3.63) is 28.8 Å². The molecule has 122 valence electrons. The summed E-state index contributed by atoms with van der Waals surface area (Å²) in [5.41, 5.74) is 4.47. The van der Waals surface area contributed by atoms with Gasteiger partial charge in [-0.1, -0.05) is 30.5 Å². The first-order valence-corrected chi connectivity index (χ1v) is 7.35. The zero-order chi connectivity index (χ0) is 16.3. The minimum absolute atomic E-state index is 0.169. The summed E-state index contributed by atoms with van der Waals surface area (Å²) in [6.45, 7) is 0. The fourth-order valence-electron chi connectivity index (χ4n) is 2.54. The van der Waals surface area contributed by atoms with E-state index in [1.54, 1.807) is 0 Å². The summed E-state index contributed by atoms with van der Waals surface area (Å²) in [7, 11) is 0. The van der Waals surface area contributed by atoms with E-state index in [9.17, 15) is 18.0 Å². The maximum atomic E-state index is 12.9. The molecule has 22 heavy (non-hydrogen) atoms. The van der Waals surface area contributed by atoms with Gasteiger partial charge in [0.25, 0.3) is 0 Å². The molecule has 0 aliphatic heterocycles. The maximum absolute atomic E-state index is 12.9. The molecule has 0 aromatic heterocycles. The van der Waals surface area contributed by atoms with E-state index in [1.165, 1.54) is 12.1 Å². The Morgan fingerprint density at radius 1 is 1.27 bits per heavy atom. The summed E-state index contributed by atoms with van der Waals surface area (Å²) in [4.78, 5) is 12.0. The zero-order valence-electron chi connectivity index (χ0n) is 11.7. The number of para-hydroxylation sites is 1. The second-order valence-corrected chi connectivity index (χ2v) is 5.72. The summed E-state index contributed by atoms with van der Waals surface area (Å²) in [6, 6.07) is 2.18. The fraction of sp³-hybridized carbons (Fsp3) is 0.500. The monoisotopic (exact) mass is 335 g/mol. The number of benzene rings is 1. The second-order valence-electron chi connectivity index (χ2n) is 5.31. The topological polar surface area (TPSA) is 67.1 Å². The van der Waals surface area contributed by atoms with E-state index >= 15 is 0 Å². The highest BCUT2D eigenvalue weighted by molar-refractivity contribution is 6.33. The zero-order valence-corrected chi connectivity index (χ0v) is 12.5. The number of rotatable bonds is 2. The van der Waals surface area contributed by atoms with Crippen molar-refractivity contribution in [2.45, 2.75) is 43.9 Å². The van der Waals surface area contributed by atoms with Gasteiger partial charge in [-0.05, 0) is 25.0 Å². The van der Waals surface area contributed by atoms with Crippen molar-refractivity contribution in [2.24, 2.45) is 5.73 Å². The van der Waals surface area contributed by atoms with Crippen molar-refractivity contribution in [3.8, 4) is 0 Å². The number of nitrogens with two attached hydrogens (primary N) is 1. The standard InChI is InChI=1S/C14H17ClF3N3O/c15-9-5-3-4-8(14(16,17)18)12(9)21-13(22)20-11-7-2-1-6-10(11)19/h3-5,10-11H,1-2,6-7,19H2,(H2,20,21,22). The van der Waals surface area contributed by atoms with E-state index in [1.807, 2.05) is 0 Å². The molecule has 0 radical (unpaired) electrons. The van der Waals surface area contributed by atoms with Crippen molar-refractivity contribution >= 4 is 23.3 Å². The highest BCUT2D eigenvalue weighted by atomic mass is 35.5. The third-order valence-electron chi connectivity index (χ3n) is 3.69. The van der Waals surface area contributed by atoms with E-state index < -0.39 is 23.5 Å². The Kier molecular flexibility index (Phi) is 5.18. The Balaban J connectivity index is 2.11. The predicted molar refractivity (Wildman–Crippen MR) is 78.8 cm³/mol.